The normalized spacial score (nSPS) is 20.7. The van der Waals surface area contributed by atoms with Gasteiger partial charge < -0.3 is 9.47 Å². The lowest BCUT2D eigenvalue weighted by Gasteiger charge is -2.21. The first-order chi connectivity index (χ1) is 13.4. The molecule has 2 aromatic carbocycles. The van der Waals surface area contributed by atoms with E-state index in [4.69, 9.17) is 9.47 Å². The van der Waals surface area contributed by atoms with Crippen molar-refractivity contribution in [1.29, 1.82) is 0 Å². The number of fused-ring (bicyclic) bond motifs is 1. The quantitative estimate of drug-likeness (QED) is 0.762. The number of ether oxygens (including phenoxy) is 2. The van der Waals surface area contributed by atoms with Gasteiger partial charge in [-0.1, -0.05) is 11.3 Å². The van der Waals surface area contributed by atoms with E-state index in [1.54, 1.807) is 18.2 Å². The number of amides is 2. The third-order valence-electron chi connectivity index (χ3n) is 5.13. The predicted octanol–water partition coefficient (Wildman–Crippen LogP) is 2.82. The standard InChI is InChI=1S/C20H20N4O4/c1-11-5-6-13(7-12(11)2)24-18-17(21-22-24)19(25)23(20(18)26)14-8-15(27-3)10-16(9-14)28-4/h5-10,17-18H,1-4H3. The van der Waals surface area contributed by atoms with Crippen LogP contribution in [0.25, 0.3) is 0 Å². The zero-order valence-electron chi connectivity index (χ0n) is 16.0. The van der Waals surface area contributed by atoms with Crippen LogP contribution in [0.15, 0.2) is 46.7 Å². The molecular formula is C20H20N4O4. The van der Waals surface area contributed by atoms with Crippen molar-refractivity contribution in [2.24, 2.45) is 10.3 Å². The first-order valence-electron chi connectivity index (χ1n) is 8.82. The van der Waals surface area contributed by atoms with Crippen LogP contribution in [0.1, 0.15) is 11.1 Å². The number of nitrogens with zero attached hydrogens (tertiary/aromatic N) is 4. The summed E-state index contributed by atoms with van der Waals surface area (Å²) in [5.41, 5.74) is 3.32. The molecule has 2 unspecified atom stereocenters. The maximum Gasteiger partial charge on any atom is 0.263 e. The lowest BCUT2D eigenvalue weighted by molar-refractivity contribution is -0.121. The summed E-state index contributed by atoms with van der Waals surface area (Å²) in [6.07, 6.45) is 0. The average Bonchev–Trinajstić information content (AvgIpc) is 3.24. The van der Waals surface area contributed by atoms with E-state index >= 15 is 0 Å². The van der Waals surface area contributed by atoms with Gasteiger partial charge in [-0.3, -0.25) is 9.59 Å². The van der Waals surface area contributed by atoms with Crippen molar-refractivity contribution in [2.45, 2.75) is 25.9 Å². The minimum absolute atomic E-state index is 0.381. The van der Waals surface area contributed by atoms with Gasteiger partial charge >= 0.3 is 0 Å². The molecule has 0 spiro atoms. The molecule has 2 aromatic rings. The van der Waals surface area contributed by atoms with Gasteiger partial charge in [-0.25, -0.2) is 9.91 Å². The summed E-state index contributed by atoms with van der Waals surface area (Å²) in [4.78, 5) is 27.3. The van der Waals surface area contributed by atoms with E-state index < -0.39 is 18.0 Å². The van der Waals surface area contributed by atoms with Crippen LogP contribution < -0.4 is 19.4 Å². The average molecular weight is 380 g/mol. The number of rotatable bonds is 4. The van der Waals surface area contributed by atoms with Crippen molar-refractivity contribution < 1.29 is 19.1 Å². The highest BCUT2D eigenvalue weighted by Crippen LogP contribution is 2.37. The Morgan fingerprint density at radius 2 is 1.54 bits per heavy atom. The molecule has 4 rings (SSSR count). The van der Waals surface area contributed by atoms with E-state index in [0.29, 0.717) is 17.2 Å². The number of imide groups is 1. The number of methoxy groups -OCH3 is 2. The van der Waals surface area contributed by atoms with Gasteiger partial charge in [-0.15, -0.1) is 0 Å². The molecule has 1 saturated heterocycles. The number of hydrogen-bond acceptors (Lipinski definition) is 7. The molecule has 2 amide bonds. The number of carbonyl (C=O) groups is 2. The number of carbonyl (C=O) groups excluding carboxylic acids is 2. The molecule has 144 valence electrons. The monoisotopic (exact) mass is 380 g/mol. The fourth-order valence-corrected chi connectivity index (χ4v) is 3.42. The molecule has 0 saturated carbocycles. The first kappa shape index (κ1) is 18.0. The van der Waals surface area contributed by atoms with Crippen molar-refractivity contribution in [3.63, 3.8) is 0 Å². The fourth-order valence-electron chi connectivity index (χ4n) is 3.42. The Bertz CT molecular complexity index is 981. The highest BCUT2D eigenvalue weighted by Gasteiger charge is 2.55. The molecule has 2 aliphatic rings. The maximum atomic E-state index is 13.2. The van der Waals surface area contributed by atoms with E-state index in [2.05, 4.69) is 10.3 Å². The van der Waals surface area contributed by atoms with Crippen LogP contribution >= 0.6 is 0 Å². The molecule has 0 aromatic heterocycles. The van der Waals surface area contributed by atoms with Gasteiger partial charge in [0.25, 0.3) is 11.8 Å². The Kier molecular flexibility index (Phi) is 4.26. The van der Waals surface area contributed by atoms with Gasteiger partial charge in [-0.2, -0.15) is 5.11 Å². The van der Waals surface area contributed by atoms with Gasteiger partial charge in [0.1, 0.15) is 11.5 Å². The fraction of sp³-hybridized carbons (Fsp3) is 0.300. The molecule has 8 nitrogen and oxygen atoms in total. The summed E-state index contributed by atoms with van der Waals surface area (Å²) in [6, 6.07) is 9.02. The second-order valence-electron chi connectivity index (χ2n) is 6.79. The molecular weight excluding hydrogens is 360 g/mol. The van der Waals surface area contributed by atoms with Gasteiger partial charge in [0.05, 0.1) is 25.6 Å². The summed E-state index contributed by atoms with van der Waals surface area (Å²) < 4.78 is 10.5. The van der Waals surface area contributed by atoms with Crippen LogP contribution in [0, 0.1) is 13.8 Å². The third-order valence-corrected chi connectivity index (χ3v) is 5.13. The van der Waals surface area contributed by atoms with E-state index in [9.17, 15) is 9.59 Å². The van der Waals surface area contributed by atoms with E-state index in [0.717, 1.165) is 21.7 Å². The van der Waals surface area contributed by atoms with Gasteiger partial charge in [0.15, 0.2) is 12.1 Å². The van der Waals surface area contributed by atoms with Crippen molar-refractivity contribution in [3.8, 4) is 11.5 Å². The molecule has 0 N–H and O–H groups in total. The molecule has 2 aliphatic heterocycles. The van der Waals surface area contributed by atoms with Crippen molar-refractivity contribution in [3.05, 3.63) is 47.5 Å². The minimum Gasteiger partial charge on any atom is -0.497 e. The molecule has 28 heavy (non-hydrogen) atoms. The molecule has 0 radical (unpaired) electrons. The van der Waals surface area contributed by atoms with Crippen molar-refractivity contribution >= 4 is 23.2 Å². The molecule has 0 bridgehead atoms. The van der Waals surface area contributed by atoms with Crippen LogP contribution in [-0.2, 0) is 9.59 Å². The highest BCUT2D eigenvalue weighted by atomic mass is 16.5. The van der Waals surface area contributed by atoms with Gasteiger partial charge in [-0.05, 0) is 37.1 Å². The van der Waals surface area contributed by atoms with Crippen LogP contribution in [0.2, 0.25) is 0 Å². The van der Waals surface area contributed by atoms with Crippen LogP contribution in [0.5, 0.6) is 11.5 Å². The summed E-state index contributed by atoms with van der Waals surface area (Å²) in [5.74, 6) is 0.174. The number of anilines is 2. The Labute approximate surface area is 162 Å². The maximum absolute atomic E-state index is 13.2. The number of aryl methyl sites for hydroxylation is 2. The smallest absolute Gasteiger partial charge is 0.263 e. The van der Waals surface area contributed by atoms with Crippen LogP contribution in [0.3, 0.4) is 0 Å². The van der Waals surface area contributed by atoms with Crippen LogP contribution in [-0.4, -0.2) is 38.1 Å². The Morgan fingerprint density at radius 1 is 0.857 bits per heavy atom. The third kappa shape index (κ3) is 2.69. The van der Waals surface area contributed by atoms with Crippen LogP contribution in [0.4, 0.5) is 11.4 Å². The Morgan fingerprint density at radius 3 is 2.14 bits per heavy atom. The molecule has 2 heterocycles. The predicted molar refractivity (Wildman–Crippen MR) is 103 cm³/mol. The van der Waals surface area contributed by atoms with Crippen molar-refractivity contribution in [2.75, 3.05) is 24.1 Å². The lowest BCUT2D eigenvalue weighted by atomic mass is 10.1. The van der Waals surface area contributed by atoms with E-state index in [1.165, 1.54) is 19.2 Å². The van der Waals surface area contributed by atoms with Crippen molar-refractivity contribution in [1.82, 2.24) is 0 Å². The van der Waals surface area contributed by atoms with E-state index in [1.807, 2.05) is 32.0 Å². The largest absolute Gasteiger partial charge is 0.497 e. The first-order valence-corrected chi connectivity index (χ1v) is 8.82. The zero-order chi connectivity index (χ0) is 20.0. The number of hydrogen-bond donors (Lipinski definition) is 0. The molecule has 2 atom stereocenters. The lowest BCUT2D eigenvalue weighted by Crippen LogP contribution is -2.40. The highest BCUT2D eigenvalue weighted by molar-refractivity contribution is 6.26. The summed E-state index contributed by atoms with van der Waals surface area (Å²) in [6.45, 7) is 4.00. The SMILES string of the molecule is COc1cc(OC)cc(N2C(=O)C3N=NN(c4ccc(C)c(C)c4)C3C2=O)c1. The summed E-state index contributed by atoms with van der Waals surface area (Å²) in [5, 5.41) is 9.70. The zero-order valence-corrected chi connectivity index (χ0v) is 16.0. The summed E-state index contributed by atoms with van der Waals surface area (Å²) >= 11 is 0. The van der Waals surface area contributed by atoms with Gasteiger partial charge in [0.2, 0.25) is 0 Å². The molecule has 8 heteroatoms. The topological polar surface area (TPSA) is 83.8 Å². The second kappa shape index (κ2) is 6.63. The Balaban J connectivity index is 1.71. The minimum atomic E-state index is -0.869. The number of benzene rings is 2. The molecule has 1 fully saturated rings. The second-order valence-corrected chi connectivity index (χ2v) is 6.79. The van der Waals surface area contributed by atoms with Gasteiger partial charge in [0, 0.05) is 18.2 Å². The van der Waals surface area contributed by atoms with E-state index in [-0.39, 0.29) is 5.91 Å². The Hall–Kier alpha value is -3.42. The summed E-state index contributed by atoms with van der Waals surface area (Å²) in [7, 11) is 3.02. The molecule has 0 aliphatic carbocycles.